The first-order valence-corrected chi connectivity index (χ1v) is 11.1. The minimum absolute atomic E-state index is 0.0287. The average molecular weight is 422 g/mol. The number of aliphatic imine (C=N–C) groups is 1. The third-order valence-corrected chi connectivity index (χ3v) is 5.54. The van der Waals surface area contributed by atoms with Crippen molar-refractivity contribution in [3.05, 3.63) is 64.7 Å². The van der Waals surface area contributed by atoms with Gasteiger partial charge in [0.2, 0.25) is 0 Å². The predicted molar refractivity (Wildman–Crippen MR) is 129 cm³/mol. The summed E-state index contributed by atoms with van der Waals surface area (Å²) in [6, 6.07) is 14.5. The van der Waals surface area contributed by atoms with E-state index in [1.165, 1.54) is 23.2 Å². The Morgan fingerprint density at radius 2 is 1.97 bits per heavy atom. The highest BCUT2D eigenvalue weighted by atomic mass is 16.2. The van der Waals surface area contributed by atoms with E-state index in [1.54, 1.807) is 19.0 Å². The third-order valence-electron chi connectivity index (χ3n) is 5.54. The molecule has 2 aromatic carbocycles. The zero-order chi connectivity index (χ0) is 22.2. The van der Waals surface area contributed by atoms with Crippen molar-refractivity contribution >= 4 is 17.6 Å². The standard InChI is InChI=1S/C25H35N5O/c1-5-26-25(27-14-13-19-8-6-9-22(16-19)24(31)29(2)3)28-18-20-11-12-23-21(17-20)10-7-15-30(23)4/h6,8-9,11-12,16-17H,5,7,10,13-15,18H2,1-4H3,(H2,26,27,28). The Hall–Kier alpha value is -3.02. The number of benzene rings is 2. The second-order valence-corrected chi connectivity index (χ2v) is 8.26. The highest BCUT2D eigenvalue weighted by Gasteiger charge is 2.13. The van der Waals surface area contributed by atoms with Gasteiger partial charge in [0.05, 0.1) is 6.54 Å². The van der Waals surface area contributed by atoms with Crippen LogP contribution in [0.3, 0.4) is 0 Å². The number of aryl methyl sites for hydroxylation is 1. The molecule has 0 spiro atoms. The van der Waals surface area contributed by atoms with Gasteiger partial charge in [-0.1, -0.05) is 24.3 Å². The molecule has 0 fully saturated rings. The van der Waals surface area contributed by atoms with Crippen molar-refractivity contribution < 1.29 is 4.79 Å². The summed E-state index contributed by atoms with van der Waals surface area (Å²) >= 11 is 0. The average Bonchev–Trinajstić information content (AvgIpc) is 2.77. The molecule has 0 saturated heterocycles. The highest BCUT2D eigenvalue weighted by Crippen LogP contribution is 2.26. The van der Waals surface area contributed by atoms with Crippen molar-refractivity contribution in [3.63, 3.8) is 0 Å². The van der Waals surface area contributed by atoms with Gasteiger partial charge in [-0.3, -0.25) is 4.79 Å². The molecule has 3 rings (SSSR count). The van der Waals surface area contributed by atoms with Crippen LogP contribution in [0.2, 0.25) is 0 Å². The normalized spacial score (nSPS) is 13.5. The van der Waals surface area contributed by atoms with E-state index in [-0.39, 0.29) is 5.91 Å². The zero-order valence-electron chi connectivity index (χ0n) is 19.2. The Labute approximate surface area is 186 Å². The topological polar surface area (TPSA) is 60.0 Å². The molecule has 6 nitrogen and oxygen atoms in total. The number of anilines is 1. The maximum absolute atomic E-state index is 12.2. The summed E-state index contributed by atoms with van der Waals surface area (Å²) in [6.45, 7) is 5.42. The minimum atomic E-state index is 0.0287. The van der Waals surface area contributed by atoms with Crippen LogP contribution in [-0.2, 0) is 19.4 Å². The van der Waals surface area contributed by atoms with Crippen LogP contribution in [0.15, 0.2) is 47.5 Å². The van der Waals surface area contributed by atoms with Gasteiger partial charge >= 0.3 is 0 Å². The molecule has 166 valence electrons. The molecule has 1 aliphatic heterocycles. The van der Waals surface area contributed by atoms with Gasteiger partial charge in [-0.25, -0.2) is 4.99 Å². The number of nitrogens with zero attached hydrogens (tertiary/aromatic N) is 3. The monoisotopic (exact) mass is 421 g/mol. The summed E-state index contributed by atoms with van der Waals surface area (Å²) in [5.41, 5.74) is 5.86. The molecule has 1 heterocycles. The number of nitrogens with one attached hydrogen (secondary N) is 2. The lowest BCUT2D eigenvalue weighted by Gasteiger charge is -2.27. The van der Waals surface area contributed by atoms with E-state index in [4.69, 9.17) is 4.99 Å². The Morgan fingerprint density at radius 3 is 2.74 bits per heavy atom. The molecule has 0 aliphatic carbocycles. The Kier molecular flexibility index (Phi) is 7.93. The summed E-state index contributed by atoms with van der Waals surface area (Å²) in [4.78, 5) is 20.9. The van der Waals surface area contributed by atoms with Crippen LogP contribution in [0.1, 0.15) is 40.4 Å². The summed E-state index contributed by atoms with van der Waals surface area (Å²) in [6.07, 6.45) is 3.18. The van der Waals surface area contributed by atoms with E-state index in [1.807, 2.05) is 18.2 Å². The maximum atomic E-state index is 12.2. The smallest absolute Gasteiger partial charge is 0.253 e. The first-order valence-electron chi connectivity index (χ1n) is 11.1. The Bertz CT molecular complexity index is 922. The predicted octanol–water partition coefficient (Wildman–Crippen LogP) is 3.07. The van der Waals surface area contributed by atoms with Gasteiger partial charge in [-0.05, 0) is 61.1 Å². The van der Waals surface area contributed by atoms with E-state index in [9.17, 15) is 4.79 Å². The van der Waals surface area contributed by atoms with Crippen LogP contribution in [0.5, 0.6) is 0 Å². The van der Waals surface area contributed by atoms with Gasteiger partial charge in [0.15, 0.2) is 5.96 Å². The molecule has 31 heavy (non-hydrogen) atoms. The van der Waals surface area contributed by atoms with Crippen molar-refractivity contribution in [1.29, 1.82) is 0 Å². The molecular weight excluding hydrogens is 386 g/mol. The van der Waals surface area contributed by atoms with Crippen molar-refractivity contribution in [2.24, 2.45) is 4.99 Å². The zero-order valence-corrected chi connectivity index (χ0v) is 19.2. The number of guanidine groups is 1. The van der Waals surface area contributed by atoms with Crippen LogP contribution < -0.4 is 15.5 Å². The molecule has 1 aliphatic rings. The number of hydrogen-bond donors (Lipinski definition) is 2. The SMILES string of the molecule is CCNC(=NCc1ccc2c(c1)CCCN2C)NCCc1cccc(C(=O)N(C)C)c1. The molecule has 0 unspecified atom stereocenters. The molecule has 6 heteroatoms. The molecule has 0 atom stereocenters. The molecule has 0 radical (unpaired) electrons. The fraction of sp³-hybridized carbons (Fsp3) is 0.440. The number of amides is 1. The van der Waals surface area contributed by atoms with E-state index in [0.717, 1.165) is 49.6 Å². The van der Waals surface area contributed by atoms with Crippen molar-refractivity contribution in [2.45, 2.75) is 32.7 Å². The van der Waals surface area contributed by atoms with Crippen molar-refractivity contribution in [1.82, 2.24) is 15.5 Å². The van der Waals surface area contributed by atoms with Crippen LogP contribution in [0.25, 0.3) is 0 Å². The van der Waals surface area contributed by atoms with Gasteiger partial charge in [0, 0.05) is 52.0 Å². The second-order valence-electron chi connectivity index (χ2n) is 8.26. The molecule has 0 aromatic heterocycles. The van der Waals surface area contributed by atoms with Gasteiger partial charge in [-0.2, -0.15) is 0 Å². The first kappa shape index (κ1) is 22.7. The number of fused-ring (bicyclic) bond motifs is 1. The molecule has 0 saturated carbocycles. The van der Waals surface area contributed by atoms with Gasteiger partial charge in [0.25, 0.3) is 5.91 Å². The molecule has 2 N–H and O–H groups in total. The van der Waals surface area contributed by atoms with E-state index < -0.39 is 0 Å². The number of hydrogen-bond acceptors (Lipinski definition) is 3. The highest BCUT2D eigenvalue weighted by molar-refractivity contribution is 5.94. The van der Waals surface area contributed by atoms with Crippen LogP contribution in [-0.4, -0.2) is 57.5 Å². The lowest BCUT2D eigenvalue weighted by Crippen LogP contribution is -2.38. The van der Waals surface area contributed by atoms with Gasteiger partial charge < -0.3 is 20.4 Å². The van der Waals surface area contributed by atoms with E-state index >= 15 is 0 Å². The quantitative estimate of drug-likeness (QED) is 0.533. The van der Waals surface area contributed by atoms with Gasteiger partial charge in [0.1, 0.15) is 0 Å². The number of rotatable bonds is 7. The van der Waals surface area contributed by atoms with Gasteiger partial charge in [-0.15, -0.1) is 0 Å². The van der Waals surface area contributed by atoms with Crippen LogP contribution >= 0.6 is 0 Å². The molecule has 2 aromatic rings. The molecule has 1 amide bonds. The summed E-state index contributed by atoms with van der Waals surface area (Å²) in [5, 5.41) is 6.74. The molecular formula is C25H35N5O. The summed E-state index contributed by atoms with van der Waals surface area (Å²) in [5.74, 6) is 0.846. The van der Waals surface area contributed by atoms with Crippen LogP contribution in [0.4, 0.5) is 5.69 Å². The summed E-state index contributed by atoms with van der Waals surface area (Å²) < 4.78 is 0. The lowest BCUT2D eigenvalue weighted by molar-refractivity contribution is 0.0827. The minimum Gasteiger partial charge on any atom is -0.374 e. The first-order chi connectivity index (χ1) is 15.0. The van der Waals surface area contributed by atoms with E-state index in [0.29, 0.717) is 6.54 Å². The Morgan fingerprint density at radius 1 is 1.13 bits per heavy atom. The van der Waals surface area contributed by atoms with E-state index in [2.05, 4.69) is 53.8 Å². The fourth-order valence-corrected chi connectivity index (χ4v) is 3.89. The van der Waals surface area contributed by atoms with Crippen molar-refractivity contribution in [2.75, 3.05) is 45.7 Å². The summed E-state index contributed by atoms with van der Waals surface area (Å²) in [7, 11) is 5.71. The third kappa shape index (κ3) is 6.23. The largest absolute Gasteiger partial charge is 0.374 e. The number of carbonyl (C=O) groups is 1. The second kappa shape index (κ2) is 10.8. The van der Waals surface area contributed by atoms with Crippen molar-refractivity contribution in [3.8, 4) is 0 Å². The molecule has 0 bridgehead atoms. The van der Waals surface area contributed by atoms with Crippen LogP contribution in [0, 0.1) is 0 Å². The Balaban J connectivity index is 1.58. The lowest BCUT2D eigenvalue weighted by atomic mass is 10.00. The number of carbonyl (C=O) groups excluding carboxylic acids is 1. The fourth-order valence-electron chi connectivity index (χ4n) is 3.89. The maximum Gasteiger partial charge on any atom is 0.253 e.